The van der Waals surface area contributed by atoms with Crippen LogP contribution in [0.5, 0.6) is 0 Å². The number of imidazole rings is 1. The van der Waals surface area contributed by atoms with Gasteiger partial charge in [0.2, 0.25) is 0 Å². The summed E-state index contributed by atoms with van der Waals surface area (Å²) in [7, 11) is 0. The predicted octanol–water partition coefficient (Wildman–Crippen LogP) is 3.11. The summed E-state index contributed by atoms with van der Waals surface area (Å²) >= 11 is 0. The first-order valence-electron chi connectivity index (χ1n) is 9.47. The molecule has 28 heavy (non-hydrogen) atoms. The van der Waals surface area contributed by atoms with Crippen LogP contribution in [0.15, 0.2) is 49.1 Å². The van der Waals surface area contributed by atoms with Gasteiger partial charge in [-0.1, -0.05) is 0 Å². The Hall–Kier alpha value is -3.22. The molecule has 0 bridgehead atoms. The molecular formula is C21H23N5O2. The molecule has 0 atom stereocenters. The molecule has 144 valence electrons. The Balaban J connectivity index is 1.48. The van der Waals surface area contributed by atoms with E-state index in [1.54, 1.807) is 24.5 Å². The van der Waals surface area contributed by atoms with E-state index in [9.17, 15) is 9.90 Å². The van der Waals surface area contributed by atoms with Gasteiger partial charge in [0.1, 0.15) is 17.2 Å². The number of piperidine rings is 1. The monoisotopic (exact) mass is 377 g/mol. The number of rotatable bonds is 5. The normalized spacial score (nSPS) is 15.0. The van der Waals surface area contributed by atoms with Crippen molar-refractivity contribution in [3.05, 3.63) is 71.7 Å². The molecule has 0 amide bonds. The molecular weight excluding hydrogens is 354 g/mol. The van der Waals surface area contributed by atoms with E-state index in [-0.39, 0.29) is 5.56 Å². The third-order valence-corrected chi connectivity index (χ3v) is 5.25. The van der Waals surface area contributed by atoms with Crippen molar-refractivity contribution >= 4 is 11.8 Å². The van der Waals surface area contributed by atoms with Gasteiger partial charge >= 0.3 is 5.97 Å². The van der Waals surface area contributed by atoms with Gasteiger partial charge in [-0.25, -0.2) is 14.8 Å². The maximum Gasteiger partial charge on any atom is 0.339 e. The number of aryl methyl sites for hydroxylation is 1. The smallest absolute Gasteiger partial charge is 0.339 e. The summed E-state index contributed by atoms with van der Waals surface area (Å²) in [5.41, 5.74) is 2.29. The molecule has 0 aliphatic carbocycles. The second-order valence-electron chi connectivity index (χ2n) is 7.16. The molecule has 7 heteroatoms. The first-order valence-corrected chi connectivity index (χ1v) is 9.47. The molecule has 4 rings (SSSR count). The highest BCUT2D eigenvalue weighted by Crippen LogP contribution is 2.30. The number of aromatic carboxylic acids is 1. The molecule has 3 aromatic rings. The van der Waals surface area contributed by atoms with Crippen LogP contribution < -0.4 is 4.90 Å². The maximum atomic E-state index is 11.6. The van der Waals surface area contributed by atoms with E-state index in [1.807, 2.05) is 31.5 Å². The number of anilines is 1. The number of pyridine rings is 2. The quantitative estimate of drug-likeness (QED) is 0.735. The van der Waals surface area contributed by atoms with Gasteiger partial charge in [-0.15, -0.1) is 0 Å². The van der Waals surface area contributed by atoms with Crippen LogP contribution in [0.2, 0.25) is 0 Å². The number of carboxylic acids is 1. The highest BCUT2D eigenvalue weighted by atomic mass is 16.4. The molecule has 1 fully saturated rings. The lowest BCUT2D eigenvalue weighted by Crippen LogP contribution is -2.35. The van der Waals surface area contributed by atoms with E-state index >= 15 is 0 Å². The number of hydrogen-bond donors (Lipinski definition) is 1. The zero-order valence-corrected chi connectivity index (χ0v) is 15.8. The molecule has 1 saturated heterocycles. The largest absolute Gasteiger partial charge is 0.478 e. The van der Waals surface area contributed by atoms with Crippen LogP contribution in [0, 0.1) is 6.92 Å². The fourth-order valence-electron chi connectivity index (χ4n) is 3.80. The third-order valence-electron chi connectivity index (χ3n) is 5.25. The summed E-state index contributed by atoms with van der Waals surface area (Å²) in [6, 6.07) is 7.43. The Morgan fingerprint density at radius 1 is 1.14 bits per heavy atom. The maximum absolute atomic E-state index is 11.6. The lowest BCUT2D eigenvalue weighted by Gasteiger charge is -2.33. The Morgan fingerprint density at radius 3 is 2.61 bits per heavy atom. The van der Waals surface area contributed by atoms with E-state index in [4.69, 9.17) is 0 Å². The summed E-state index contributed by atoms with van der Waals surface area (Å²) in [5, 5.41) is 9.48. The van der Waals surface area contributed by atoms with Crippen LogP contribution in [0.3, 0.4) is 0 Å². The lowest BCUT2D eigenvalue weighted by molar-refractivity contribution is 0.0697. The highest BCUT2D eigenvalue weighted by molar-refractivity contribution is 5.93. The number of aromatic nitrogens is 4. The van der Waals surface area contributed by atoms with Crippen molar-refractivity contribution in [2.24, 2.45) is 0 Å². The minimum absolute atomic E-state index is 0.267. The average molecular weight is 377 g/mol. The van der Waals surface area contributed by atoms with E-state index in [0.29, 0.717) is 11.7 Å². The van der Waals surface area contributed by atoms with E-state index in [1.165, 1.54) is 5.56 Å². The number of hydrogen-bond acceptors (Lipinski definition) is 5. The predicted molar refractivity (Wildman–Crippen MR) is 106 cm³/mol. The number of nitrogens with zero attached hydrogens (tertiary/aromatic N) is 5. The fourth-order valence-corrected chi connectivity index (χ4v) is 3.80. The Labute approximate surface area is 163 Å². The van der Waals surface area contributed by atoms with Crippen LogP contribution in [-0.4, -0.2) is 43.7 Å². The first-order chi connectivity index (χ1) is 13.6. The van der Waals surface area contributed by atoms with Crippen molar-refractivity contribution in [1.82, 2.24) is 19.5 Å². The van der Waals surface area contributed by atoms with Gasteiger partial charge in [0, 0.05) is 56.0 Å². The number of carboxylic acid groups (broad SMARTS) is 1. The van der Waals surface area contributed by atoms with E-state index in [2.05, 4.69) is 24.4 Å². The molecule has 0 unspecified atom stereocenters. The molecule has 1 aliphatic heterocycles. The lowest BCUT2D eigenvalue weighted by atomic mass is 9.95. The molecule has 0 aromatic carbocycles. The SMILES string of the molecule is Cc1ccc(C(=O)O)c(N2CCC(c3nccn3Cc3ccncc3)CC2)n1. The second-order valence-corrected chi connectivity index (χ2v) is 7.16. The Kier molecular flexibility index (Phi) is 5.06. The van der Waals surface area contributed by atoms with Gasteiger partial charge in [0.05, 0.1) is 0 Å². The molecule has 1 N–H and O–H groups in total. The zero-order chi connectivity index (χ0) is 19.5. The van der Waals surface area contributed by atoms with E-state index < -0.39 is 5.97 Å². The fraction of sp³-hybridized carbons (Fsp3) is 0.333. The second kappa shape index (κ2) is 7.80. The van der Waals surface area contributed by atoms with Crippen LogP contribution in [0.4, 0.5) is 5.82 Å². The van der Waals surface area contributed by atoms with Crippen molar-refractivity contribution in [2.75, 3.05) is 18.0 Å². The standard InChI is InChI=1S/C21H23N5O2/c1-15-2-3-18(21(27)28)20(24-15)25-11-6-17(7-12-25)19-23-10-13-26(19)14-16-4-8-22-9-5-16/h2-5,8-10,13,17H,6-7,11-12,14H2,1H3,(H,27,28). The molecule has 3 aromatic heterocycles. The number of carbonyl (C=O) groups is 1. The van der Waals surface area contributed by atoms with Crippen molar-refractivity contribution in [2.45, 2.75) is 32.2 Å². The van der Waals surface area contributed by atoms with Gasteiger partial charge in [0.25, 0.3) is 0 Å². The van der Waals surface area contributed by atoms with Gasteiger partial charge < -0.3 is 14.6 Å². The summed E-state index contributed by atoms with van der Waals surface area (Å²) < 4.78 is 2.20. The molecule has 4 heterocycles. The topological polar surface area (TPSA) is 84.1 Å². The van der Waals surface area contributed by atoms with Gasteiger partial charge in [0.15, 0.2) is 0 Å². The van der Waals surface area contributed by atoms with Crippen LogP contribution in [0.25, 0.3) is 0 Å². The van der Waals surface area contributed by atoms with Crippen LogP contribution >= 0.6 is 0 Å². The molecule has 7 nitrogen and oxygen atoms in total. The van der Waals surface area contributed by atoms with Crippen molar-refractivity contribution in [1.29, 1.82) is 0 Å². The van der Waals surface area contributed by atoms with E-state index in [0.717, 1.165) is 44.0 Å². The van der Waals surface area contributed by atoms with Crippen molar-refractivity contribution in [3.63, 3.8) is 0 Å². The van der Waals surface area contributed by atoms with Crippen molar-refractivity contribution in [3.8, 4) is 0 Å². The minimum atomic E-state index is -0.933. The third kappa shape index (κ3) is 3.74. The minimum Gasteiger partial charge on any atom is -0.478 e. The average Bonchev–Trinajstić information content (AvgIpc) is 3.16. The summed E-state index contributed by atoms with van der Waals surface area (Å²) in [6.45, 7) is 4.20. The van der Waals surface area contributed by atoms with Gasteiger partial charge in [-0.05, 0) is 49.6 Å². The Bertz CT molecular complexity index is 962. The van der Waals surface area contributed by atoms with Gasteiger partial charge in [-0.3, -0.25) is 4.98 Å². The van der Waals surface area contributed by atoms with Crippen LogP contribution in [0.1, 0.15) is 46.2 Å². The first kappa shape index (κ1) is 18.2. The highest BCUT2D eigenvalue weighted by Gasteiger charge is 2.27. The van der Waals surface area contributed by atoms with Crippen LogP contribution in [-0.2, 0) is 6.54 Å². The summed E-state index contributed by atoms with van der Waals surface area (Å²) in [6.07, 6.45) is 9.32. The molecule has 0 saturated carbocycles. The summed E-state index contributed by atoms with van der Waals surface area (Å²) in [4.78, 5) is 26.8. The molecule has 0 spiro atoms. The summed E-state index contributed by atoms with van der Waals surface area (Å²) in [5.74, 6) is 1.09. The zero-order valence-electron chi connectivity index (χ0n) is 15.8. The Morgan fingerprint density at radius 2 is 1.89 bits per heavy atom. The molecule has 0 radical (unpaired) electrons. The van der Waals surface area contributed by atoms with Crippen molar-refractivity contribution < 1.29 is 9.90 Å². The van der Waals surface area contributed by atoms with Gasteiger partial charge in [-0.2, -0.15) is 0 Å². The molecule has 1 aliphatic rings.